The second kappa shape index (κ2) is 9.22. The fraction of sp³-hybridized carbons (Fsp3) is 0.350. The summed E-state index contributed by atoms with van der Waals surface area (Å²) in [6.45, 7) is 2.29. The van der Waals surface area contributed by atoms with Gasteiger partial charge in [-0.15, -0.1) is 0 Å². The van der Waals surface area contributed by atoms with Crippen LogP contribution in [-0.2, 0) is 6.54 Å². The van der Waals surface area contributed by atoms with Crippen molar-refractivity contribution in [3.63, 3.8) is 0 Å². The summed E-state index contributed by atoms with van der Waals surface area (Å²) < 4.78 is 3.09. The quantitative estimate of drug-likeness (QED) is 0.504. The van der Waals surface area contributed by atoms with E-state index in [0.29, 0.717) is 21.4 Å². The number of thiazole rings is 1. The van der Waals surface area contributed by atoms with Crippen LogP contribution in [0.1, 0.15) is 24.5 Å². The first-order valence-corrected chi connectivity index (χ1v) is 10.5. The lowest BCUT2D eigenvalue weighted by atomic mass is 10.1. The van der Waals surface area contributed by atoms with Gasteiger partial charge < -0.3 is 14.6 Å². The van der Waals surface area contributed by atoms with Crippen molar-refractivity contribution in [3.05, 3.63) is 62.9 Å². The molecular formula is C20H23Cl2N3OS. The number of aliphatic hydroxyl groups is 1. The van der Waals surface area contributed by atoms with Crippen LogP contribution in [0.3, 0.4) is 0 Å². The SMILES string of the molecule is CN(CCCCn1c(=N)sc2cc(Cl)ccc21)CC(O)c1ccc(Cl)cc1. The van der Waals surface area contributed by atoms with E-state index >= 15 is 0 Å². The van der Waals surface area contributed by atoms with Gasteiger partial charge in [-0.3, -0.25) is 5.41 Å². The van der Waals surface area contributed by atoms with Crippen molar-refractivity contribution in [1.29, 1.82) is 5.41 Å². The Kier molecular flexibility index (Phi) is 6.95. The lowest BCUT2D eigenvalue weighted by Gasteiger charge is -2.21. The molecule has 2 N–H and O–H groups in total. The maximum Gasteiger partial charge on any atom is 0.182 e. The van der Waals surface area contributed by atoms with Crippen molar-refractivity contribution in [2.75, 3.05) is 20.1 Å². The molecule has 1 aromatic heterocycles. The van der Waals surface area contributed by atoms with Crippen LogP contribution in [0.4, 0.5) is 0 Å². The molecule has 2 aromatic carbocycles. The van der Waals surface area contributed by atoms with Crippen molar-refractivity contribution in [2.45, 2.75) is 25.5 Å². The molecule has 1 heterocycles. The van der Waals surface area contributed by atoms with Gasteiger partial charge in [0.25, 0.3) is 0 Å². The van der Waals surface area contributed by atoms with Gasteiger partial charge in [0.2, 0.25) is 0 Å². The molecule has 27 heavy (non-hydrogen) atoms. The highest BCUT2D eigenvalue weighted by atomic mass is 35.5. The molecular weight excluding hydrogens is 401 g/mol. The molecule has 0 spiro atoms. The van der Waals surface area contributed by atoms with E-state index in [2.05, 4.69) is 4.90 Å². The molecule has 0 aliphatic rings. The molecule has 0 aliphatic heterocycles. The van der Waals surface area contributed by atoms with Gasteiger partial charge in [-0.25, -0.2) is 0 Å². The highest BCUT2D eigenvalue weighted by Crippen LogP contribution is 2.22. The minimum atomic E-state index is -0.521. The highest BCUT2D eigenvalue weighted by Gasteiger charge is 2.11. The zero-order chi connectivity index (χ0) is 19.4. The summed E-state index contributed by atoms with van der Waals surface area (Å²) >= 11 is 13.4. The van der Waals surface area contributed by atoms with Crippen molar-refractivity contribution in [1.82, 2.24) is 9.47 Å². The maximum absolute atomic E-state index is 10.3. The number of unbranched alkanes of at least 4 members (excludes halogenated alkanes) is 1. The van der Waals surface area contributed by atoms with E-state index in [1.54, 1.807) is 12.1 Å². The van der Waals surface area contributed by atoms with Gasteiger partial charge in [0.1, 0.15) is 0 Å². The van der Waals surface area contributed by atoms with E-state index in [1.165, 1.54) is 11.3 Å². The largest absolute Gasteiger partial charge is 0.387 e. The van der Waals surface area contributed by atoms with Crippen LogP contribution in [0.2, 0.25) is 10.0 Å². The van der Waals surface area contributed by atoms with Crippen LogP contribution in [0.25, 0.3) is 10.2 Å². The second-order valence-corrected chi connectivity index (χ2v) is 8.61. The van der Waals surface area contributed by atoms with Crippen molar-refractivity contribution < 1.29 is 5.11 Å². The number of likely N-dealkylation sites (N-methyl/N-ethyl adjacent to an activating group) is 1. The Morgan fingerprint density at radius 3 is 2.56 bits per heavy atom. The lowest BCUT2D eigenvalue weighted by molar-refractivity contribution is 0.126. The molecule has 7 heteroatoms. The van der Waals surface area contributed by atoms with Crippen LogP contribution in [0.5, 0.6) is 0 Å². The third kappa shape index (κ3) is 5.33. The first-order valence-electron chi connectivity index (χ1n) is 8.89. The lowest BCUT2D eigenvalue weighted by Crippen LogP contribution is -2.26. The van der Waals surface area contributed by atoms with Gasteiger partial charge >= 0.3 is 0 Å². The number of benzene rings is 2. The Bertz CT molecular complexity index is 952. The summed E-state index contributed by atoms with van der Waals surface area (Å²) in [6, 6.07) is 13.1. The molecule has 3 rings (SSSR count). The molecule has 0 saturated heterocycles. The number of nitrogens with zero attached hydrogens (tertiary/aromatic N) is 2. The number of aryl methyl sites for hydroxylation is 1. The first kappa shape index (κ1) is 20.4. The molecule has 0 fully saturated rings. The predicted molar refractivity (Wildman–Crippen MR) is 114 cm³/mol. The average molecular weight is 424 g/mol. The molecule has 0 aliphatic carbocycles. The van der Waals surface area contributed by atoms with Gasteiger partial charge in [0.05, 0.1) is 16.3 Å². The number of hydrogen-bond donors (Lipinski definition) is 2. The fourth-order valence-electron chi connectivity index (χ4n) is 3.11. The summed E-state index contributed by atoms with van der Waals surface area (Å²) in [7, 11) is 2.02. The monoisotopic (exact) mass is 423 g/mol. The van der Waals surface area contributed by atoms with Crippen molar-refractivity contribution in [3.8, 4) is 0 Å². The van der Waals surface area contributed by atoms with E-state index in [-0.39, 0.29) is 0 Å². The third-order valence-corrected chi connectivity index (χ3v) is 6.02. The summed E-state index contributed by atoms with van der Waals surface area (Å²) in [6.07, 6.45) is 1.46. The number of rotatable bonds is 8. The first-order chi connectivity index (χ1) is 12.9. The number of nitrogens with one attached hydrogen (secondary N) is 1. The Hall–Kier alpha value is -1.37. The molecule has 3 aromatic rings. The van der Waals surface area contributed by atoms with E-state index in [0.717, 1.165) is 41.7 Å². The van der Waals surface area contributed by atoms with Crippen LogP contribution >= 0.6 is 34.5 Å². The summed E-state index contributed by atoms with van der Waals surface area (Å²) in [4.78, 5) is 2.69. The van der Waals surface area contributed by atoms with Gasteiger partial charge in [0, 0.05) is 23.1 Å². The number of aromatic nitrogens is 1. The molecule has 1 unspecified atom stereocenters. The number of hydrogen-bond acceptors (Lipinski definition) is 4. The Balaban J connectivity index is 1.48. The summed E-state index contributed by atoms with van der Waals surface area (Å²) in [5.41, 5.74) is 1.95. The molecule has 144 valence electrons. The van der Waals surface area contributed by atoms with E-state index in [9.17, 15) is 5.11 Å². The van der Waals surface area contributed by atoms with Gasteiger partial charge in [0.15, 0.2) is 4.80 Å². The van der Waals surface area contributed by atoms with Gasteiger partial charge in [-0.1, -0.05) is 46.7 Å². The van der Waals surface area contributed by atoms with E-state index < -0.39 is 6.10 Å². The fourth-order valence-corrected chi connectivity index (χ4v) is 4.45. The van der Waals surface area contributed by atoms with Crippen LogP contribution in [-0.4, -0.2) is 34.7 Å². The predicted octanol–water partition coefficient (Wildman–Crippen LogP) is 4.93. The molecule has 0 radical (unpaired) electrons. The van der Waals surface area contributed by atoms with Crippen LogP contribution < -0.4 is 4.80 Å². The molecule has 1 atom stereocenters. The zero-order valence-electron chi connectivity index (χ0n) is 15.2. The minimum absolute atomic E-state index is 0.521. The van der Waals surface area contributed by atoms with Crippen molar-refractivity contribution >= 4 is 44.8 Å². The van der Waals surface area contributed by atoms with Gasteiger partial charge in [-0.05, 0) is 62.3 Å². The van der Waals surface area contributed by atoms with E-state index in [4.69, 9.17) is 28.6 Å². The van der Waals surface area contributed by atoms with E-state index in [1.807, 2.05) is 41.9 Å². The summed E-state index contributed by atoms with van der Waals surface area (Å²) in [5, 5.41) is 19.9. The molecule has 4 nitrogen and oxygen atoms in total. The Morgan fingerprint density at radius 2 is 1.81 bits per heavy atom. The zero-order valence-corrected chi connectivity index (χ0v) is 17.5. The second-order valence-electron chi connectivity index (χ2n) is 6.71. The maximum atomic E-state index is 10.3. The molecule has 0 bridgehead atoms. The molecule has 0 saturated carbocycles. The number of aliphatic hydroxyl groups excluding tert-OH is 1. The minimum Gasteiger partial charge on any atom is -0.387 e. The number of halogens is 2. The number of fused-ring (bicyclic) bond motifs is 1. The third-order valence-electron chi connectivity index (χ3n) is 4.58. The average Bonchev–Trinajstić information content (AvgIpc) is 2.93. The Morgan fingerprint density at radius 1 is 1.11 bits per heavy atom. The Labute approximate surface area is 173 Å². The van der Waals surface area contributed by atoms with Crippen molar-refractivity contribution in [2.24, 2.45) is 0 Å². The molecule has 0 amide bonds. The van der Waals surface area contributed by atoms with Crippen LogP contribution in [0, 0.1) is 5.41 Å². The van der Waals surface area contributed by atoms with Crippen LogP contribution in [0.15, 0.2) is 42.5 Å². The highest BCUT2D eigenvalue weighted by molar-refractivity contribution is 7.16. The smallest absolute Gasteiger partial charge is 0.182 e. The topological polar surface area (TPSA) is 52.2 Å². The summed E-state index contributed by atoms with van der Waals surface area (Å²) in [5.74, 6) is 0. The normalized spacial score (nSPS) is 12.8. The van der Waals surface area contributed by atoms with Gasteiger partial charge in [-0.2, -0.15) is 0 Å². The standard InChI is InChI=1S/C20H23Cl2N3OS/c1-24(13-18(26)14-4-6-15(21)7-5-14)10-2-3-11-25-17-9-8-16(22)12-19(17)27-20(25)23/h4-9,12,18,23,26H,2-3,10-11,13H2,1H3.